The second-order valence-electron chi connectivity index (χ2n) is 15.1. The minimum Gasteiger partial charge on any atom is -0.466 e. The van der Waals surface area contributed by atoms with Gasteiger partial charge >= 0.3 is 11.9 Å². The highest BCUT2D eigenvalue weighted by Crippen LogP contribution is 2.33. The van der Waals surface area contributed by atoms with Crippen LogP contribution in [0.3, 0.4) is 0 Å². The fourth-order valence-electron chi connectivity index (χ4n) is 7.50. The summed E-state index contributed by atoms with van der Waals surface area (Å²) in [4.78, 5) is 28.0. The molecule has 0 N–H and O–H groups in total. The monoisotopic (exact) mass is 728 g/mol. The van der Waals surface area contributed by atoms with Crippen molar-refractivity contribution in [1.29, 1.82) is 0 Å². The van der Waals surface area contributed by atoms with Crippen LogP contribution >= 0.6 is 0 Å². The molecule has 1 fully saturated rings. The van der Waals surface area contributed by atoms with Crippen molar-refractivity contribution in [3.05, 3.63) is 29.3 Å². The third-order valence-corrected chi connectivity index (χ3v) is 10.9. The maximum absolute atomic E-state index is 12.8. The molecule has 0 aromatic rings. The first-order valence-corrected chi connectivity index (χ1v) is 22.0. The zero-order valence-electron chi connectivity index (χ0n) is 34.6. The van der Waals surface area contributed by atoms with Crippen molar-refractivity contribution in [2.24, 2.45) is 11.8 Å². The molecule has 2 unspecified atom stereocenters. The van der Waals surface area contributed by atoms with Gasteiger partial charge in [0.25, 0.3) is 0 Å². The number of cyclic esters (lactones) is 2. The molecule has 0 saturated carbocycles. The van der Waals surface area contributed by atoms with Gasteiger partial charge in [-0.25, -0.2) is 0 Å². The van der Waals surface area contributed by atoms with Gasteiger partial charge in [0.1, 0.15) is 0 Å². The van der Waals surface area contributed by atoms with Crippen molar-refractivity contribution in [3.63, 3.8) is 0 Å². The van der Waals surface area contributed by atoms with E-state index in [2.05, 4.69) is 56.4 Å². The van der Waals surface area contributed by atoms with E-state index in [1.807, 2.05) is 0 Å². The molecule has 0 aromatic carbocycles. The second-order valence-corrected chi connectivity index (χ2v) is 15.1. The van der Waals surface area contributed by atoms with Gasteiger partial charge in [0.2, 0.25) is 0 Å². The lowest BCUT2D eigenvalue weighted by molar-refractivity contribution is -0.144. The quantitative estimate of drug-likeness (QED) is 0.0896. The van der Waals surface area contributed by atoms with Crippen molar-refractivity contribution in [2.75, 3.05) is 39.5 Å². The van der Waals surface area contributed by atoms with E-state index in [0.29, 0.717) is 32.2 Å². The number of rotatable bonds is 16. The molecule has 1 aliphatic rings. The second kappa shape index (κ2) is 34.7. The van der Waals surface area contributed by atoms with Crippen molar-refractivity contribution < 1.29 is 23.8 Å². The first-order chi connectivity index (χ1) is 25.5. The van der Waals surface area contributed by atoms with Crippen LogP contribution in [0, 0.1) is 11.8 Å². The number of unbranched alkanes of at least 4 members (excludes halogenated alkanes) is 5. The van der Waals surface area contributed by atoms with E-state index in [1.54, 1.807) is 0 Å². The number of nitrogens with zero attached hydrogens (tertiary/aromatic N) is 1. The van der Waals surface area contributed by atoms with Crippen LogP contribution in [-0.2, 0) is 23.8 Å². The summed E-state index contributed by atoms with van der Waals surface area (Å²) in [7, 11) is 0. The van der Waals surface area contributed by atoms with E-state index in [1.165, 1.54) is 50.5 Å². The van der Waals surface area contributed by atoms with Gasteiger partial charge in [0.15, 0.2) is 0 Å². The van der Waals surface area contributed by atoms with Gasteiger partial charge in [0.05, 0.1) is 19.3 Å². The molecule has 1 aliphatic heterocycles. The van der Waals surface area contributed by atoms with Crippen molar-refractivity contribution in [2.45, 2.75) is 201 Å². The van der Waals surface area contributed by atoms with Crippen molar-refractivity contribution >= 4 is 11.9 Å². The van der Waals surface area contributed by atoms with Gasteiger partial charge in [-0.2, -0.15) is 0 Å². The average molecular weight is 728 g/mol. The Bertz CT molecular complexity index is 950. The minimum absolute atomic E-state index is 0.0818. The smallest absolute Gasteiger partial charge is 0.305 e. The normalized spacial score (nSPS) is 21.8. The van der Waals surface area contributed by atoms with Crippen LogP contribution in [0.4, 0.5) is 0 Å². The highest BCUT2D eigenvalue weighted by atomic mass is 16.5. The van der Waals surface area contributed by atoms with E-state index >= 15 is 0 Å². The molecule has 2 atom stereocenters. The third-order valence-electron chi connectivity index (χ3n) is 10.9. The topological polar surface area (TPSA) is 65.1 Å². The van der Waals surface area contributed by atoms with Gasteiger partial charge < -0.3 is 19.1 Å². The van der Waals surface area contributed by atoms with Crippen LogP contribution in [0.1, 0.15) is 195 Å². The summed E-state index contributed by atoms with van der Waals surface area (Å²) in [5, 5.41) is 0. The molecule has 6 nitrogen and oxygen atoms in total. The summed E-state index contributed by atoms with van der Waals surface area (Å²) in [5.41, 5.74) is 10.5. The van der Waals surface area contributed by atoms with Gasteiger partial charge in [-0.15, -0.1) is 0 Å². The van der Waals surface area contributed by atoms with Crippen molar-refractivity contribution in [3.8, 4) is 0 Å². The molecule has 0 bridgehead atoms. The SMILES string of the molecule is C=C=C=C=C1C(CCCCC)CCOC(=O)CCCCCCCC(OCCCCN(CC)CC)CCCCCCCC(=O)OCCC1CCCCC. The molecule has 300 valence electrons. The summed E-state index contributed by atoms with van der Waals surface area (Å²) in [6, 6.07) is 0. The Kier molecular flexibility index (Phi) is 32.0. The number of carbonyl (C=O) groups excluding carboxylic acids is 2. The van der Waals surface area contributed by atoms with Crippen LogP contribution < -0.4 is 0 Å². The van der Waals surface area contributed by atoms with E-state index in [0.717, 1.165) is 135 Å². The maximum Gasteiger partial charge on any atom is 0.305 e. The number of carbonyl (C=O) groups is 2. The minimum atomic E-state index is -0.0818. The Hall–Kier alpha value is -2.06. The van der Waals surface area contributed by atoms with Crippen LogP contribution in [0.15, 0.2) is 29.3 Å². The Morgan fingerprint density at radius 2 is 1.15 bits per heavy atom. The molecule has 0 radical (unpaired) electrons. The Morgan fingerprint density at radius 3 is 1.63 bits per heavy atom. The fourth-order valence-corrected chi connectivity index (χ4v) is 7.50. The third kappa shape index (κ3) is 25.8. The number of hydrogen-bond donors (Lipinski definition) is 0. The molecule has 0 amide bonds. The molecule has 0 spiro atoms. The standard InChI is InChI=1S/C46H81NO5/c1-6-11-20-28-41-35-39-51-45(48)33-24-18-14-16-22-30-43(50-38-27-26-37-47(9-4)10-5)31-23-17-15-19-25-34-46(49)52-40-36-42(29-21-12-7-2)44(41)32-13-8-3/h41-43H,3,6-7,9-12,14-31,33-40H2,1-2,4-5H3. The number of allylic oxidation sites excluding steroid dienone is 1. The number of esters is 2. The van der Waals surface area contributed by atoms with Crippen LogP contribution in [0.5, 0.6) is 0 Å². The molecular weight excluding hydrogens is 647 g/mol. The molecule has 1 saturated heterocycles. The lowest BCUT2D eigenvalue weighted by atomic mass is 9.79. The number of ether oxygens (including phenoxy) is 3. The largest absolute Gasteiger partial charge is 0.466 e. The fraction of sp³-hybridized carbons (Fsp3) is 0.848. The summed E-state index contributed by atoms with van der Waals surface area (Å²) < 4.78 is 18.1. The Balaban J connectivity index is 2.90. The maximum atomic E-state index is 12.8. The zero-order valence-corrected chi connectivity index (χ0v) is 34.6. The summed E-state index contributed by atoms with van der Waals surface area (Å²) in [6.07, 6.45) is 27.4. The lowest BCUT2D eigenvalue weighted by Crippen LogP contribution is -2.24. The summed E-state index contributed by atoms with van der Waals surface area (Å²) in [5.74, 6) is 0.311. The van der Waals surface area contributed by atoms with E-state index in [4.69, 9.17) is 14.2 Å². The predicted molar refractivity (Wildman–Crippen MR) is 217 cm³/mol. The Morgan fingerprint density at radius 1 is 0.654 bits per heavy atom. The van der Waals surface area contributed by atoms with E-state index in [9.17, 15) is 9.59 Å². The molecule has 1 rings (SSSR count). The van der Waals surface area contributed by atoms with Gasteiger partial charge in [-0.3, -0.25) is 9.59 Å². The molecule has 0 aromatic heterocycles. The molecule has 52 heavy (non-hydrogen) atoms. The van der Waals surface area contributed by atoms with Crippen LogP contribution in [0.2, 0.25) is 0 Å². The average Bonchev–Trinajstić information content (AvgIpc) is 3.14. The van der Waals surface area contributed by atoms with Crippen LogP contribution in [-0.4, -0.2) is 62.4 Å². The van der Waals surface area contributed by atoms with Crippen LogP contribution in [0.25, 0.3) is 0 Å². The summed E-state index contributed by atoms with van der Waals surface area (Å²) in [6.45, 7) is 17.8. The molecule has 1 heterocycles. The molecule has 0 aliphatic carbocycles. The van der Waals surface area contributed by atoms with E-state index in [-0.39, 0.29) is 23.8 Å². The summed E-state index contributed by atoms with van der Waals surface area (Å²) >= 11 is 0. The first-order valence-electron chi connectivity index (χ1n) is 22.0. The van der Waals surface area contributed by atoms with E-state index < -0.39 is 0 Å². The number of hydrogen-bond acceptors (Lipinski definition) is 6. The van der Waals surface area contributed by atoms with Gasteiger partial charge in [-0.1, -0.05) is 129 Å². The first kappa shape index (κ1) is 48.0. The van der Waals surface area contributed by atoms with Gasteiger partial charge in [-0.05, 0) is 114 Å². The highest BCUT2D eigenvalue weighted by molar-refractivity contribution is 5.69. The predicted octanol–water partition coefficient (Wildman–Crippen LogP) is 12.2. The zero-order chi connectivity index (χ0) is 37.9. The molecular formula is C46H81NO5. The van der Waals surface area contributed by atoms with Crippen molar-refractivity contribution in [1.82, 2.24) is 4.90 Å². The highest BCUT2D eigenvalue weighted by Gasteiger charge is 2.24. The van der Waals surface area contributed by atoms with Gasteiger partial charge in [0, 0.05) is 19.4 Å². The molecule has 6 heteroatoms. The lowest BCUT2D eigenvalue weighted by Gasteiger charge is -2.26. The Labute approximate surface area is 321 Å².